The average molecular weight is 633 g/mol. The van der Waals surface area contributed by atoms with Gasteiger partial charge in [0.25, 0.3) is 0 Å². The minimum absolute atomic E-state index is 0.0496. The van der Waals surface area contributed by atoms with Crippen LogP contribution in [0.4, 0.5) is 0 Å². The number of benzene rings is 2. The van der Waals surface area contributed by atoms with Gasteiger partial charge in [0, 0.05) is 0 Å². The molecule has 0 aromatic heterocycles. The van der Waals surface area contributed by atoms with Crippen LogP contribution < -0.4 is 31.9 Å². The van der Waals surface area contributed by atoms with Crippen LogP contribution in [0.25, 0.3) is 0 Å². The van der Waals surface area contributed by atoms with Crippen LogP contribution in [-0.2, 0) is 32.0 Å². The van der Waals surface area contributed by atoms with Gasteiger partial charge in [0.1, 0.15) is 12.1 Å². The summed E-state index contributed by atoms with van der Waals surface area (Å²) >= 11 is 0. The highest BCUT2D eigenvalue weighted by Crippen LogP contribution is 2.32. The third kappa shape index (κ3) is 9.39. The largest absolute Gasteiger partial charge is 0.347 e. The molecule has 6 atom stereocenters. The monoisotopic (exact) mass is 632 g/mol. The lowest BCUT2D eigenvalue weighted by Crippen LogP contribution is -2.51. The van der Waals surface area contributed by atoms with Gasteiger partial charge in [0.05, 0.1) is 24.2 Å². The lowest BCUT2D eigenvalue weighted by atomic mass is 10.0. The van der Waals surface area contributed by atoms with E-state index in [9.17, 15) is 19.2 Å². The van der Waals surface area contributed by atoms with Gasteiger partial charge in [0.15, 0.2) is 0 Å². The summed E-state index contributed by atoms with van der Waals surface area (Å²) in [5.74, 6) is -0.741. The van der Waals surface area contributed by atoms with Gasteiger partial charge in [-0.1, -0.05) is 74.2 Å². The molecule has 2 aromatic rings. The zero-order valence-corrected chi connectivity index (χ0v) is 27.8. The molecule has 2 aliphatic rings. The second kappa shape index (κ2) is 17.2. The second-order valence-electron chi connectivity index (χ2n) is 12.7. The highest BCUT2D eigenvalue weighted by molar-refractivity contribution is 5.90. The summed E-state index contributed by atoms with van der Waals surface area (Å²) in [4.78, 5) is 52.2. The van der Waals surface area contributed by atoms with Crippen LogP contribution in [0.15, 0.2) is 48.5 Å². The Kier molecular flexibility index (Phi) is 13.2. The third-order valence-electron chi connectivity index (χ3n) is 9.55. The Morgan fingerprint density at radius 2 is 1.00 bits per heavy atom. The fourth-order valence-corrected chi connectivity index (χ4v) is 6.40. The van der Waals surface area contributed by atoms with E-state index in [1.807, 2.05) is 24.3 Å². The van der Waals surface area contributed by atoms with Crippen molar-refractivity contribution >= 4 is 23.6 Å². The number of likely N-dealkylation sites (N-methyl/N-ethyl adjacent to an activating group) is 2. The van der Waals surface area contributed by atoms with E-state index in [-0.39, 0.29) is 35.7 Å². The molecule has 6 N–H and O–H groups in total. The van der Waals surface area contributed by atoms with E-state index in [0.29, 0.717) is 12.8 Å². The lowest BCUT2D eigenvalue weighted by molar-refractivity contribution is -0.130. The van der Waals surface area contributed by atoms with Crippen LogP contribution in [0, 0.1) is 0 Å². The Bertz CT molecular complexity index is 1250. The first-order chi connectivity index (χ1) is 22.2. The molecule has 4 amide bonds. The van der Waals surface area contributed by atoms with Crippen molar-refractivity contribution in [3.8, 4) is 0 Å². The number of fused-ring (bicyclic) bond motifs is 2. The van der Waals surface area contributed by atoms with Gasteiger partial charge < -0.3 is 31.9 Å². The SMILES string of the molecule is CNC(C)C(=O)N[C@@H](CCCCCC[C@H](NC(=O)C(C)NC)C(=O)NC1CCc2ccccc21)C(=O)NC1CCc2ccccc21. The molecule has 250 valence electrons. The summed E-state index contributed by atoms with van der Waals surface area (Å²) in [6.07, 6.45) is 7.74. The molecule has 0 radical (unpaired) electrons. The van der Waals surface area contributed by atoms with Gasteiger partial charge in [-0.15, -0.1) is 0 Å². The Morgan fingerprint density at radius 3 is 1.39 bits per heavy atom. The third-order valence-corrected chi connectivity index (χ3v) is 9.55. The number of hydrogen-bond acceptors (Lipinski definition) is 6. The summed E-state index contributed by atoms with van der Waals surface area (Å²) in [7, 11) is 3.44. The molecule has 4 rings (SSSR count). The van der Waals surface area contributed by atoms with Gasteiger partial charge in [-0.05, 0) is 88.7 Å². The number of hydrogen-bond donors (Lipinski definition) is 6. The van der Waals surface area contributed by atoms with E-state index < -0.39 is 24.2 Å². The van der Waals surface area contributed by atoms with Gasteiger partial charge in [0.2, 0.25) is 23.6 Å². The number of nitrogens with one attached hydrogen (secondary N) is 6. The van der Waals surface area contributed by atoms with E-state index in [1.165, 1.54) is 11.1 Å². The lowest BCUT2D eigenvalue weighted by Gasteiger charge is -2.24. The van der Waals surface area contributed by atoms with Crippen molar-refractivity contribution in [2.75, 3.05) is 14.1 Å². The highest BCUT2D eigenvalue weighted by atomic mass is 16.2. The molecular weight excluding hydrogens is 580 g/mol. The van der Waals surface area contributed by atoms with Crippen LogP contribution >= 0.6 is 0 Å². The Morgan fingerprint density at radius 1 is 0.609 bits per heavy atom. The second-order valence-corrected chi connectivity index (χ2v) is 12.7. The minimum atomic E-state index is -0.633. The maximum atomic E-state index is 13.4. The Labute approximate surface area is 273 Å². The molecule has 0 saturated carbocycles. The number of unbranched alkanes of at least 4 members (excludes halogenated alkanes) is 3. The molecule has 0 fully saturated rings. The van der Waals surface area contributed by atoms with Crippen LogP contribution in [0.2, 0.25) is 0 Å². The Balaban J connectivity index is 1.29. The van der Waals surface area contributed by atoms with E-state index in [4.69, 9.17) is 0 Å². The van der Waals surface area contributed by atoms with Crippen molar-refractivity contribution in [3.05, 3.63) is 70.8 Å². The van der Waals surface area contributed by atoms with E-state index >= 15 is 0 Å². The van der Waals surface area contributed by atoms with Crippen molar-refractivity contribution in [2.45, 2.75) is 114 Å². The molecule has 4 unspecified atom stereocenters. The van der Waals surface area contributed by atoms with Gasteiger partial charge in [-0.2, -0.15) is 0 Å². The fourth-order valence-electron chi connectivity index (χ4n) is 6.40. The predicted molar refractivity (Wildman–Crippen MR) is 180 cm³/mol. The minimum Gasteiger partial charge on any atom is -0.347 e. The molecule has 0 saturated heterocycles. The van der Waals surface area contributed by atoms with Crippen LogP contribution in [-0.4, -0.2) is 61.9 Å². The molecule has 0 heterocycles. The zero-order chi connectivity index (χ0) is 33.1. The number of carbonyl (C=O) groups excluding carboxylic acids is 4. The Hall–Kier alpha value is -3.76. The highest BCUT2D eigenvalue weighted by Gasteiger charge is 2.30. The topological polar surface area (TPSA) is 140 Å². The van der Waals surface area contributed by atoms with Crippen molar-refractivity contribution in [1.29, 1.82) is 0 Å². The maximum Gasteiger partial charge on any atom is 0.243 e. The standard InChI is InChI=1S/C36H52N6O4/c1-23(37-3)33(43)41-31(35(45)39-29-21-19-25-13-9-11-15-27(25)29)17-7-5-6-8-18-32(42-34(44)24(2)38-4)36(46)40-30-22-20-26-14-10-12-16-28(26)30/h9-16,23-24,29-32,37-38H,5-8,17-22H2,1-4H3,(H,39,45)(H,40,46)(H,41,43)(H,42,44)/t23?,24?,29?,30?,31-,32-/m0/s1. The van der Waals surface area contributed by atoms with Crippen LogP contribution in [0.3, 0.4) is 0 Å². The van der Waals surface area contributed by atoms with Gasteiger partial charge in [-0.3, -0.25) is 19.2 Å². The first-order valence-corrected chi connectivity index (χ1v) is 16.9. The zero-order valence-electron chi connectivity index (χ0n) is 27.8. The summed E-state index contributed by atoms with van der Waals surface area (Å²) in [6, 6.07) is 14.2. The van der Waals surface area contributed by atoms with E-state index in [2.05, 4.69) is 56.2 Å². The van der Waals surface area contributed by atoms with E-state index in [1.54, 1.807) is 27.9 Å². The molecular formula is C36H52N6O4. The van der Waals surface area contributed by atoms with Crippen molar-refractivity contribution in [1.82, 2.24) is 31.9 Å². The molecule has 2 aliphatic carbocycles. The predicted octanol–water partition coefficient (Wildman–Crippen LogP) is 3.12. The van der Waals surface area contributed by atoms with Gasteiger partial charge in [-0.25, -0.2) is 0 Å². The first-order valence-electron chi connectivity index (χ1n) is 16.9. The quantitative estimate of drug-likeness (QED) is 0.148. The summed E-state index contributed by atoms with van der Waals surface area (Å²) in [5, 5.41) is 18.1. The van der Waals surface area contributed by atoms with Crippen molar-refractivity contribution in [3.63, 3.8) is 0 Å². The summed E-state index contributed by atoms with van der Waals surface area (Å²) < 4.78 is 0. The molecule has 0 bridgehead atoms. The molecule has 46 heavy (non-hydrogen) atoms. The molecule has 10 nitrogen and oxygen atoms in total. The summed E-state index contributed by atoms with van der Waals surface area (Å²) in [6.45, 7) is 3.54. The molecule has 0 aliphatic heterocycles. The van der Waals surface area contributed by atoms with Crippen molar-refractivity contribution in [2.24, 2.45) is 0 Å². The average Bonchev–Trinajstić information content (AvgIpc) is 3.67. The smallest absolute Gasteiger partial charge is 0.243 e. The number of amides is 4. The molecule has 10 heteroatoms. The van der Waals surface area contributed by atoms with Crippen LogP contribution in [0.1, 0.15) is 99.6 Å². The normalized spacial score (nSPS) is 19.2. The molecule has 2 aromatic carbocycles. The van der Waals surface area contributed by atoms with E-state index in [0.717, 1.165) is 62.5 Å². The molecule has 0 spiro atoms. The number of rotatable bonds is 17. The number of carbonyl (C=O) groups is 4. The fraction of sp³-hybridized carbons (Fsp3) is 0.556. The maximum absolute atomic E-state index is 13.4. The summed E-state index contributed by atoms with van der Waals surface area (Å²) in [5.41, 5.74) is 4.82. The van der Waals surface area contributed by atoms with Crippen molar-refractivity contribution < 1.29 is 19.2 Å². The van der Waals surface area contributed by atoms with Gasteiger partial charge >= 0.3 is 0 Å². The first kappa shape index (κ1) is 35.1. The number of aryl methyl sites for hydroxylation is 2. The van der Waals surface area contributed by atoms with Crippen LogP contribution in [0.5, 0.6) is 0 Å².